The Morgan fingerprint density at radius 2 is 1.72 bits per heavy atom. The molecule has 0 aliphatic rings. The van der Waals surface area contributed by atoms with Crippen molar-refractivity contribution in [2.45, 2.75) is 24.8 Å². The quantitative estimate of drug-likeness (QED) is 0.553. The molecule has 0 atom stereocenters. The molecule has 0 unspecified atom stereocenters. The van der Waals surface area contributed by atoms with Crippen molar-refractivity contribution in [3.05, 3.63) is 77.9 Å². The van der Waals surface area contributed by atoms with E-state index in [1.165, 1.54) is 11.6 Å². The van der Waals surface area contributed by atoms with Gasteiger partial charge in [0.2, 0.25) is 0 Å². The van der Waals surface area contributed by atoms with Crippen molar-refractivity contribution in [1.29, 1.82) is 0 Å². The Morgan fingerprint density at radius 3 is 2.40 bits per heavy atom. The number of hydrogen-bond acceptors (Lipinski definition) is 4. The predicted molar refractivity (Wildman–Crippen MR) is 100 cm³/mol. The summed E-state index contributed by atoms with van der Waals surface area (Å²) in [5.74, 6) is -0.353. The van der Waals surface area contributed by atoms with Gasteiger partial charge in [-0.1, -0.05) is 54.1 Å². The molecule has 0 amide bonds. The molecule has 0 heterocycles. The van der Waals surface area contributed by atoms with Crippen LogP contribution in [-0.2, 0) is 21.2 Å². The molecule has 1 N–H and O–H groups in total. The highest BCUT2D eigenvalue weighted by atomic mass is 32.2. The summed E-state index contributed by atoms with van der Waals surface area (Å²) in [5, 5.41) is 3.20. The lowest BCUT2D eigenvalue weighted by molar-refractivity contribution is -0.114. The highest BCUT2D eigenvalue weighted by Gasteiger charge is 2.15. The van der Waals surface area contributed by atoms with Crippen molar-refractivity contribution in [2.75, 3.05) is 12.3 Å². The third-order valence-corrected chi connectivity index (χ3v) is 5.47. The van der Waals surface area contributed by atoms with Gasteiger partial charge in [-0.05, 0) is 30.7 Å². The number of sulfone groups is 1. The summed E-state index contributed by atoms with van der Waals surface area (Å²) in [6.45, 7) is 3.18. The molecule has 2 aromatic carbocycles. The van der Waals surface area contributed by atoms with Crippen LogP contribution < -0.4 is 5.32 Å². The van der Waals surface area contributed by atoms with Gasteiger partial charge >= 0.3 is 0 Å². The number of hydrogen-bond donors (Lipinski definition) is 1. The minimum absolute atomic E-state index is 0.00854. The van der Waals surface area contributed by atoms with Gasteiger partial charge in [0, 0.05) is 19.5 Å². The number of allylic oxidation sites excluding steroid dienone is 1. The van der Waals surface area contributed by atoms with Crippen LogP contribution in [0, 0.1) is 6.92 Å². The topological polar surface area (TPSA) is 63.2 Å². The number of aryl methyl sites for hydroxylation is 1. The van der Waals surface area contributed by atoms with E-state index in [1.54, 1.807) is 30.3 Å². The SMILES string of the molecule is Cc1ccc(S(=O)(=O)CCC(=O)/C=C/CNCc2ccccc2)cc1. The molecule has 132 valence electrons. The van der Waals surface area contributed by atoms with Gasteiger partial charge in [0.1, 0.15) is 0 Å². The number of carbonyl (C=O) groups excluding carboxylic acids is 1. The van der Waals surface area contributed by atoms with Crippen LogP contribution in [0.3, 0.4) is 0 Å². The Kier molecular flexibility index (Phi) is 7.10. The molecule has 2 rings (SSSR count). The predicted octanol–water partition coefficient (Wildman–Crippen LogP) is 3.07. The second-order valence-corrected chi connectivity index (χ2v) is 7.98. The van der Waals surface area contributed by atoms with E-state index in [2.05, 4.69) is 5.32 Å². The Balaban J connectivity index is 1.73. The largest absolute Gasteiger partial charge is 0.309 e. The van der Waals surface area contributed by atoms with Crippen LogP contribution in [0.5, 0.6) is 0 Å². The number of ketones is 1. The summed E-state index contributed by atoms with van der Waals surface area (Å²) in [6.07, 6.45) is 3.16. The van der Waals surface area contributed by atoms with Crippen LogP contribution in [0.2, 0.25) is 0 Å². The molecule has 0 saturated carbocycles. The lowest BCUT2D eigenvalue weighted by atomic mass is 10.2. The van der Waals surface area contributed by atoms with E-state index in [0.29, 0.717) is 6.54 Å². The Labute approximate surface area is 149 Å². The zero-order valence-corrected chi connectivity index (χ0v) is 15.1. The van der Waals surface area contributed by atoms with Crippen molar-refractivity contribution in [1.82, 2.24) is 5.32 Å². The summed E-state index contributed by atoms with van der Waals surface area (Å²) < 4.78 is 24.4. The summed E-state index contributed by atoms with van der Waals surface area (Å²) in [6, 6.07) is 16.6. The van der Waals surface area contributed by atoms with Gasteiger partial charge < -0.3 is 5.32 Å². The maximum absolute atomic E-state index is 12.2. The monoisotopic (exact) mass is 357 g/mol. The van der Waals surface area contributed by atoms with Crippen molar-refractivity contribution in [2.24, 2.45) is 0 Å². The number of rotatable bonds is 9. The van der Waals surface area contributed by atoms with Gasteiger partial charge in [0.15, 0.2) is 15.6 Å². The molecule has 4 nitrogen and oxygen atoms in total. The van der Waals surface area contributed by atoms with E-state index in [-0.39, 0.29) is 22.9 Å². The molecular formula is C20H23NO3S. The first-order valence-electron chi connectivity index (χ1n) is 8.21. The fraction of sp³-hybridized carbons (Fsp3) is 0.250. The first-order valence-corrected chi connectivity index (χ1v) is 9.86. The minimum Gasteiger partial charge on any atom is -0.309 e. The second-order valence-electron chi connectivity index (χ2n) is 5.87. The highest BCUT2D eigenvalue weighted by Crippen LogP contribution is 2.13. The maximum Gasteiger partial charge on any atom is 0.178 e. The van der Waals surface area contributed by atoms with E-state index >= 15 is 0 Å². The Morgan fingerprint density at radius 1 is 1.04 bits per heavy atom. The fourth-order valence-electron chi connectivity index (χ4n) is 2.27. The lowest BCUT2D eigenvalue weighted by Crippen LogP contribution is -2.13. The van der Waals surface area contributed by atoms with Gasteiger partial charge in [0.05, 0.1) is 10.6 Å². The van der Waals surface area contributed by atoms with E-state index in [1.807, 2.05) is 37.3 Å². The highest BCUT2D eigenvalue weighted by molar-refractivity contribution is 7.91. The molecular weight excluding hydrogens is 334 g/mol. The van der Waals surface area contributed by atoms with Crippen LogP contribution in [-0.4, -0.2) is 26.5 Å². The van der Waals surface area contributed by atoms with E-state index < -0.39 is 9.84 Å². The van der Waals surface area contributed by atoms with E-state index in [4.69, 9.17) is 0 Å². The Hall–Kier alpha value is -2.24. The van der Waals surface area contributed by atoms with Crippen molar-refractivity contribution < 1.29 is 13.2 Å². The summed E-state index contributed by atoms with van der Waals surface area (Å²) in [7, 11) is -3.41. The van der Waals surface area contributed by atoms with Gasteiger partial charge in [-0.2, -0.15) is 0 Å². The summed E-state index contributed by atoms with van der Waals surface area (Å²) in [4.78, 5) is 12.1. The molecule has 0 bridgehead atoms. The first-order chi connectivity index (χ1) is 12.0. The number of nitrogens with one attached hydrogen (secondary N) is 1. The van der Waals surface area contributed by atoms with Crippen molar-refractivity contribution in [3.8, 4) is 0 Å². The fourth-order valence-corrected chi connectivity index (χ4v) is 3.52. The molecule has 0 spiro atoms. The van der Waals surface area contributed by atoms with Crippen LogP contribution in [0.25, 0.3) is 0 Å². The number of benzene rings is 2. The third kappa shape index (κ3) is 6.64. The smallest absolute Gasteiger partial charge is 0.178 e. The van der Waals surface area contributed by atoms with Crippen molar-refractivity contribution >= 4 is 15.6 Å². The molecule has 0 aromatic heterocycles. The van der Waals surface area contributed by atoms with Crippen molar-refractivity contribution in [3.63, 3.8) is 0 Å². The summed E-state index contributed by atoms with van der Waals surface area (Å²) >= 11 is 0. The maximum atomic E-state index is 12.2. The third-order valence-electron chi connectivity index (χ3n) is 3.74. The molecule has 0 aliphatic carbocycles. The lowest BCUT2D eigenvalue weighted by Gasteiger charge is -2.03. The molecule has 0 fully saturated rings. The second kappa shape index (κ2) is 9.30. The average Bonchev–Trinajstić information content (AvgIpc) is 2.61. The Bertz CT molecular complexity index is 810. The van der Waals surface area contributed by atoms with Crippen LogP contribution >= 0.6 is 0 Å². The molecule has 25 heavy (non-hydrogen) atoms. The number of carbonyl (C=O) groups is 1. The van der Waals surface area contributed by atoms with Gasteiger partial charge in [0.25, 0.3) is 0 Å². The van der Waals surface area contributed by atoms with Crippen LogP contribution in [0.15, 0.2) is 71.6 Å². The standard InChI is InChI=1S/C20H23NO3S/c1-17-9-11-20(12-10-17)25(23,24)15-13-19(22)8-5-14-21-16-18-6-3-2-4-7-18/h2-12,21H,13-16H2,1H3/b8-5+. The zero-order valence-electron chi connectivity index (χ0n) is 14.3. The molecule has 0 aliphatic heterocycles. The van der Waals surface area contributed by atoms with Crippen LogP contribution in [0.4, 0.5) is 0 Å². The average molecular weight is 357 g/mol. The summed E-state index contributed by atoms with van der Waals surface area (Å²) in [5.41, 5.74) is 2.17. The van der Waals surface area contributed by atoms with E-state index in [9.17, 15) is 13.2 Å². The first kappa shape index (κ1) is 19.1. The molecule has 5 heteroatoms. The minimum atomic E-state index is -3.41. The van der Waals surface area contributed by atoms with Gasteiger partial charge in [-0.25, -0.2) is 8.42 Å². The van der Waals surface area contributed by atoms with E-state index in [0.717, 1.165) is 12.1 Å². The molecule has 0 radical (unpaired) electrons. The van der Waals surface area contributed by atoms with Crippen LogP contribution in [0.1, 0.15) is 17.5 Å². The molecule has 2 aromatic rings. The normalized spacial score (nSPS) is 11.7. The molecule has 0 saturated heterocycles. The van der Waals surface area contributed by atoms with Gasteiger partial charge in [-0.3, -0.25) is 4.79 Å². The zero-order chi connectivity index (χ0) is 18.1. The van der Waals surface area contributed by atoms with Gasteiger partial charge in [-0.15, -0.1) is 0 Å².